The lowest BCUT2D eigenvalue weighted by molar-refractivity contribution is 0.0947. The number of rotatable bonds is 5. The summed E-state index contributed by atoms with van der Waals surface area (Å²) in [6.07, 6.45) is 5.01. The minimum Gasteiger partial charge on any atom is -0.396 e. The highest BCUT2D eigenvalue weighted by Crippen LogP contribution is 2.13. The first-order chi connectivity index (χ1) is 9.58. The Morgan fingerprint density at radius 1 is 1.50 bits per heavy atom. The zero-order chi connectivity index (χ0) is 14.5. The van der Waals surface area contributed by atoms with Crippen LogP contribution in [0.1, 0.15) is 36.1 Å². The molecule has 2 aromatic rings. The minimum absolute atomic E-state index is 0.145. The Morgan fingerprint density at radius 2 is 2.30 bits per heavy atom. The Morgan fingerprint density at radius 3 is 2.95 bits per heavy atom. The molecule has 7 heteroatoms. The average molecular weight is 274 g/mol. The zero-order valence-corrected chi connectivity index (χ0v) is 11.6. The van der Waals surface area contributed by atoms with Crippen molar-refractivity contribution in [3.8, 4) is 0 Å². The number of carbonyl (C=O) groups excluding carboxylic acids is 1. The number of amides is 1. The zero-order valence-electron chi connectivity index (χ0n) is 11.6. The van der Waals surface area contributed by atoms with Gasteiger partial charge < -0.3 is 11.1 Å². The van der Waals surface area contributed by atoms with Gasteiger partial charge in [-0.15, -0.1) is 0 Å². The predicted octanol–water partition coefficient (Wildman–Crippen LogP) is 0.809. The summed E-state index contributed by atoms with van der Waals surface area (Å²) >= 11 is 0. The minimum atomic E-state index is -0.293. The van der Waals surface area contributed by atoms with E-state index in [4.69, 9.17) is 5.73 Å². The van der Waals surface area contributed by atoms with Crippen molar-refractivity contribution in [2.24, 2.45) is 0 Å². The van der Waals surface area contributed by atoms with Gasteiger partial charge in [-0.3, -0.25) is 9.48 Å². The van der Waals surface area contributed by atoms with Gasteiger partial charge in [-0.1, -0.05) is 13.8 Å². The van der Waals surface area contributed by atoms with Crippen LogP contribution in [0.2, 0.25) is 0 Å². The fourth-order valence-electron chi connectivity index (χ4n) is 1.67. The van der Waals surface area contributed by atoms with Crippen LogP contribution in [-0.4, -0.2) is 32.2 Å². The van der Waals surface area contributed by atoms with Crippen molar-refractivity contribution in [3.63, 3.8) is 0 Å². The van der Waals surface area contributed by atoms with E-state index in [0.29, 0.717) is 18.9 Å². The SMILES string of the molecule is CC(C)c1ncc(N)c(C(=O)NCCn2cccn2)n1. The molecule has 0 radical (unpaired) electrons. The Labute approximate surface area is 117 Å². The van der Waals surface area contributed by atoms with Gasteiger partial charge in [-0.25, -0.2) is 9.97 Å². The fraction of sp³-hybridized carbons (Fsp3) is 0.385. The normalized spacial score (nSPS) is 10.8. The molecular formula is C13H18N6O. The number of nitrogen functional groups attached to an aromatic ring is 1. The number of nitrogens with one attached hydrogen (secondary N) is 1. The molecule has 2 heterocycles. The number of hydrogen-bond donors (Lipinski definition) is 2. The third-order valence-electron chi connectivity index (χ3n) is 2.75. The highest BCUT2D eigenvalue weighted by atomic mass is 16.1. The quantitative estimate of drug-likeness (QED) is 0.840. The molecule has 20 heavy (non-hydrogen) atoms. The molecule has 0 atom stereocenters. The average Bonchev–Trinajstić information content (AvgIpc) is 2.92. The molecule has 1 amide bonds. The first kappa shape index (κ1) is 14.0. The van der Waals surface area contributed by atoms with Crippen LogP contribution in [0.5, 0.6) is 0 Å². The second-order valence-corrected chi connectivity index (χ2v) is 4.71. The molecule has 0 spiro atoms. The van der Waals surface area contributed by atoms with Gasteiger partial charge in [-0.2, -0.15) is 5.10 Å². The smallest absolute Gasteiger partial charge is 0.272 e. The van der Waals surface area contributed by atoms with Crippen LogP contribution >= 0.6 is 0 Å². The third-order valence-corrected chi connectivity index (χ3v) is 2.75. The van der Waals surface area contributed by atoms with Crippen LogP contribution in [-0.2, 0) is 6.54 Å². The molecule has 0 unspecified atom stereocenters. The molecule has 0 aliphatic rings. The van der Waals surface area contributed by atoms with Gasteiger partial charge in [0.25, 0.3) is 5.91 Å². The lowest BCUT2D eigenvalue weighted by Crippen LogP contribution is -2.29. The summed E-state index contributed by atoms with van der Waals surface area (Å²) in [6, 6.07) is 1.83. The maximum Gasteiger partial charge on any atom is 0.272 e. The number of nitrogens with two attached hydrogens (primary N) is 1. The van der Waals surface area contributed by atoms with Crippen LogP contribution in [0.3, 0.4) is 0 Å². The van der Waals surface area contributed by atoms with Crippen LogP contribution in [0.15, 0.2) is 24.7 Å². The Bertz CT molecular complexity index is 579. The van der Waals surface area contributed by atoms with E-state index < -0.39 is 0 Å². The topological polar surface area (TPSA) is 98.7 Å². The van der Waals surface area contributed by atoms with E-state index in [2.05, 4.69) is 20.4 Å². The summed E-state index contributed by atoms with van der Waals surface area (Å²) in [5.41, 5.74) is 6.26. The number of aromatic nitrogens is 4. The van der Waals surface area contributed by atoms with Crippen molar-refractivity contribution < 1.29 is 4.79 Å². The van der Waals surface area contributed by atoms with E-state index in [0.717, 1.165) is 0 Å². The van der Waals surface area contributed by atoms with Crippen LogP contribution in [0.4, 0.5) is 5.69 Å². The van der Waals surface area contributed by atoms with Crippen LogP contribution < -0.4 is 11.1 Å². The third kappa shape index (κ3) is 3.31. The van der Waals surface area contributed by atoms with Gasteiger partial charge in [0, 0.05) is 24.9 Å². The predicted molar refractivity (Wildman–Crippen MR) is 75.1 cm³/mol. The largest absolute Gasteiger partial charge is 0.396 e. The van der Waals surface area contributed by atoms with E-state index in [-0.39, 0.29) is 23.2 Å². The molecule has 2 aromatic heterocycles. The second-order valence-electron chi connectivity index (χ2n) is 4.71. The highest BCUT2D eigenvalue weighted by molar-refractivity contribution is 5.96. The number of hydrogen-bond acceptors (Lipinski definition) is 5. The molecule has 0 aromatic carbocycles. The van der Waals surface area contributed by atoms with E-state index in [1.54, 1.807) is 10.9 Å². The molecule has 2 rings (SSSR count). The fourth-order valence-corrected chi connectivity index (χ4v) is 1.67. The number of nitrogens with zero attached hydrogens (tertiary/aromatic N) is 4. The van der Waals surface area contributed by atoms with Crippen molar-refractivity contribution in [2.45, 2.75) is 26.3 Å². The van der Waals surface area contributed by atoms with E-state index in [1.165, 1.54) is 6.20 Å². The van der Waals surface area contributed by atoms with Crippen molar-refractivity contribution in [2.75, 3.05) is 12.3 Å². The Hall–Kier alpha value is -2.44. The molecule has 0 aliphatic carbocycles. The van der Waals surface area contributed by atoms with Gasteiger partial charge >= 0.3 is 0 Å². The molecule has 0 saturated carbocycles. The summed E-state index contributed by atoms with van der Waals surface area (Å²) in [5.74, 6) is 0.460. The molecule has 106 valence electrons. The molecular weight excluding hydrogens is 256 g/mol. The van der Waals surface area contributed by atoms with Crippen molar-refractivity contribution >= 4 is 11.6 Å². The van der Waals surface area contributed by atoms with Crippen molar-refractivity contribution in [1.82, 2.24) is 25.1 Å². The van der Waals surface area contributed by atoms with Gasteiger partial charge in [0.05, 0.1) is 18.4 Å². The summed E-state index contributed by atoms with van der Waals surface area (Å²) in [7, 11) is 0. The summed E-state index contributed by atoms with van der Waals surface area (Å²) < 4.78 is 1.74. The van der Waals surface area contributed by atoms with Gasteiger partial charge in [0.15, 0.2) is 5.69 Å². The maximum atomic E-state index is 12.1. The lowest BCUT2D eigenvalue weighted by Gasteiger charge is -2.09. The number of anilines is 1. The lowest BCUT2D eigenvalue weighted by atomic mass is 10.2. The first-order valence-corrected chi connectivity index (χ1v) is 6.46. The molecule has 0 fully saturated rings. The van der Waals surface area contributed by atoms with Crippen LogP contribution in [0, 0.1) is 0 Å². The maximum absolute atomic E-state index is 12.1. The summed E-state index contributed by atoms with van der Waals surface area (Å²) in [4.78, 5) is 20.4. The molecule has 0 aliphatic heterocycles. The van der Waals surface area contributed by atoms with Gasteiger partial charge in [-0.05, 0) is 6.07 Å². The highest BCUT2D eigenvalue weighted by Gasteiger charge is 2.14. The molecule has 7 nitrogen and oxygen atoms in total. The summed E-state index contributed by atoms with van der Waals surface area (Å²) in [5, 5.41) is 6.83. The van der Waals surface area contributed by atoms with E-state index >= 15 is 0 Å². The Kier molecular flexibility index (Phi) is 4.29. The van der Waals surface area contributed by atoms with Crippen molar-refractivity contribution in [1.29, 1.82) is 0 Å². The standard InChI is InChI=1S/C13H18N6O/c1-9(2)12-16-8-10(14)11(18-12)13(20)15-5-7-19-6-3-4-17-19/h3-4,6,8-9H,5,7,14H2,1-2H3,(H,15,20). The number of carbonyl (C=O) groups is 1. The first-order valence-electron chi connectivity index (χ1n) is 6.46. The Balaban J connectivity index is 1.99. The van der Waals surface area contributed by atoms with Crippen LogP contribution in [0.25, 0.3) is 0 Å². The second kappa shape index (κ2) is 6.14. The van der Waals surface area contributed by atoms with Crippen molar-refractivity contribution in [3.05, 3.63) is 36.2 Å². The van der Waals surface area contributed by atoms with Gasteiger partial charge in [0.2, 0.25) is 0 Å². The van der Waals surface area contributed by atoms with Gasteiger partial charge in [0.1, 0.15) is 5.82 Å². The molecule has 0 bridgehead atoms. The monoisotopic (exact) mass is 274 g/mol. The van der Waals surface area contributed by atoms with E-state index in [1.807, 2.05) is 26.1 Å². The summed E-state index contributed by atoms with van der Waals surface area (Å²) in [6.45, 7) is 4.98. The molecule has 3 N–H and O–H groups in total. The molecule has 0 saturated heterocycles. The van der Waals surface area contributed by atoms with E-state index in [9.17, 15) is 4.79 Å².